The van der Waals surface area contributed by atoms with Crippen molar-refractivity contribution in [3.8, 4) is 10.4 Å². The highest BCUT2D eigenvalue weighted by Crippen LogP contribution is 2.30. The van der Waals surface area contributed by atoms with Crippen molar-refractivity contribution >= 4 is 21.6 Å². The van der Waals surface area contributed by atoms with Crippen LogP contribution in [0.2, 0.25) is 0 Å². The van der Waals surface area contributed by atoms with Gasteiger partial charge >= 0.3 is 0 Å². The minimum Gasteiger partial charge on any atom is -0.296 e. The Bertz CT molecular complexity index is 864. The molecule has 3 nitrogen and oxygen atoms in total. The molecule has 0 N–H and O–H groups in total. The van der Waals surface area contributed by atoms with Crippen LogP contribution in [0.15, 0.2) is 41.2 Å². The van der Waals surface area contributed by atoms with Gasteiger partial charge in [0.25, 0.3) is 5.56 Å². The zero-order valence-electron chi connectivity index (χ0n) is 14.4. The lowest BCUT2D eigenvalue weighted by Gasteiger charge is -2.08. The van der Waals surface area contributed by atoms with Crippen molar-refractivity contribution in [3.63, 3.8) is 0 Å². The van der Waals surface area contributed by atoms with Gasteiger partial charge in [0.1, 0.15) is 10.7 Å². The Morgan fingerprint density at radius 1 is 1.08 bits per heavy atom. The van der Waals surface area contributed by atoms with Crippen LogP contribution in [0.25, 0.3) is 20.7 Å². The van der Waals surface area contributed by atoms with Gasteiger partial charge in [0.2, 0.25) is 0 Å². The third-order valence-corrected chi connectivity index (χ3v) is 5.46. The highest BCUT2D eigenvalue weighted by atomic mass is 32.1. The first-order chi connectivity index (χ1) is 11.7. The SMILES string of the molecule is CCCCCCCn1c(C)nc2sc(-c3ccccc3)cc2c1=O. The van der Waals surface area contributed by atoms with Crippen LogP contribution in [0.3, 0.4) is 0 Å². The van der Waals surface area contributed by atoms with Gasteiger partial charge in [0.05, 0.1) is 5.39 Å². The van der Waals surface area contributed by atoms with Crippen LogP contribution in [0.5, 0.6) is 0 Å². The van der Waals surface area contributed by atoms with Gasteiger partial charge in [0, 0.05) is 11.4 Å². The molecule has 0 spiro atoms. The number of benzene rings is 1. The van der Waals surface area contributed by atoms with E-state index in [1.54, 1.807) is 11.3 Å². The summed E-state index contributed by atoms with van der Waals surface area (Å²) in [5.41, 5.74) is 1.25. The Kier molecular flexibility index (Phi) is 5.46. The van der Waals surface area contributed by atoms with Crippen LogP contribution < -0.4 is 5.56 Å². The Hall–Kier alpha value is -1.94. The van der Waals surface area contributed by atoms with E-state index in [4.69, 9.17) is 0 Å². The molecule has 0 fully saturated rings. The summed E-state index contributed by atoms with van der Waals surface area (Å²) in [6.07, 6.45) is 5.98. The lowest BCUT2D eigenvalue weighted by molar-refractivity contribution is 0.546. The number of aromatic nitrogens is 2. The molecule has 0 atom stereocenters. The summed E-state index contributed by atoms with van der Waals surface area (Å²) < 4.78 is 1.84. The van der Waals surface area contributed by atoms with Crippen LogP contribution >= 0.6 is 11.3 Å². The lowest BCUT2D eigenvalue weighted by Crippen LogP contribution is -2.23. The van der Waals surface area contributed by atoms with Crippen molar-refractivity contribution in [1.29, 1.82) is 0 Å². The van der Waals surface area contributed by atoms with E-state index in [2.05, 4.69) is 24.0 Å². The molecule has 0 saturated carbocycles. The van der Waals surface area contributed by atoms with E-state index in [0.29, 0.717) is 0 Å². The maximum Gasteiger partial charge on any atom is 0.262 e. The van der Waals surface area contributed by atoms with Crippen molar-refractivity contribution in [3.05, 3.63) is 52.6 Å². The normalized spacial score (nSPS) is 11.2. The topological polar surface area (TPSA) is 34.9 Å². The summed E-state index contributed by atoms with van der Waals surface area (Å²) in [5.74, 6) is 0.824. The second-order valence-electron chi connectivity index (χ2n) is 6.23. The molecule has 0 aliphatic heterocycles. The summed E-state index contributed by atoms with van der Waals surface area (Å²) in [4.78, 5) is 19.5. The predicted molar refractivity (Wildman–Crippen MR) is 103 cm³/mol. The van der Waals surface area contributed by atoms with Crippen LogP contribution in [-0.4, -0.2) is 9.55 Å². The van der Waals surface area contributed by atoms with Crippen LogP contribution in [0.4, 0.5) is 0 Å². The van der Waals surface area contributed by atoms with E-state index < -0.39 is 0 Å². The fraction of sp³-hybridized carbons (Fsp3) is 0.400. The first-order valence-electron chi connectivity index (χ1n) is 8.77. The number of fused-ring (bicyclic) bond motifs is 1. The molecule has 0 amide bonds. The number of rotatable bonds is 7. The smallest absolute Gasteiger partial charge is 0.262 e. The third kappa shape index (κ3) is 3.59. The third-order valence-electron chi connectivity index (χ3n) is 4.39. The molecule has 3 rings (SSSR count). The maximum absolute atomic E-state index is 12.8. The van der Waals surface area contributed by atoms with Gasteiger partial charge in [-0.3, -0.25) is 9.36 Å². The first-order valence-corrected chi connectivity index (χ1v) is 9.58. The Balaban J connectivity index is 1.88. The average Bonchev–Trinajstić information content (AvgIpc) is 3.02. The number of nitrogens with zero attached hydrogens (tertiary/aromatic N) is 2. The Labute approximate surface area is 147 Å². The fourth-order valence-electron chi connectivity index (χ4n) is 3.00. The van der Waals surface area contributed by atoms with Crippen molar-refractivity contribution < 1.29 is 0 Å². The summed E-state index contributed by atoms with van der Waals surface area (Å²) in [6.45, 7) is 4.93. The molecule has 0 saturated heterocycles. The van der Waals surface area contributed by atoms with Gasteiger partial charge in [-0.25, -0.2) is 4.98 Å². The summed E-state index contributed by atoms with van der Waals surface area (Å²) >= 11 is 1.60. The van der Waals surface area contributed by atoms with Crippen LogP contribution in [0.1, 0.15) is 44.9 Å². The number of hydrogen-bond donors (Lipinski definition) is 0. The molecule has 0 unspecified atom stereocenters. The minimum absolute atomic E-state index is 0.103. The monoisotopic (exact) mass is 340 g/mol. The number of aryl methyl sites for hydroxylation is 1. The highest BCUT2D eigenvalue weighted by Gasteiger charge is 2.12. The van der Waals surface area contributed by atoms with Gasteiger partial charge in [-0.2, -0.15) is 0 Å². The molecular formula is C20H24N2OS. The molecule has 2 heterocycles. The highest BCUT2D eigenvalue weighted by molar-refractivity contribution is 7.21. The first kappa shape index (κ1) is 16.9. The van der Waals surface area contributed by atoms with Gasteiger partial charge in [0.15, 0.2) is 0 Å². The molecule has 1 aromatic carbocycles. The lowest BCUT2D eigenvalue weighted by atomic mass is 10.1. The number of thiophene rings is 1. The van der Waals surface area contributed by atoms with E-state index in [9.17, 15) is 4.79 Å². The van der Waals surface area contributed by atoms with E-state index in [1.807, 2.05) is 35.8 Å². The van der Waals surface area contributed by atoms with Gasteiger partial charge in [-0.05, 0) is 25.0 Å². The van der Waals surface area contributed by atoms with Crippen molar-refractivity contribution in [1.82, 2.24) is 9.55 Å². The largest absolute Gasteiger partial charge is 0.296 e. The molecule has 126 valence electrons. The van der Waals surface area contributed by atoms with Crippen LogP contribution in [0, 0.1) is 6.92 Å². The Morgan fingerprint density at radius 3 is 2.58 bits per heavy atom. The quantitative estimate of drug-likeness (QED) is 0.539. The Morgan fingerprint density at radius 2 is 1.83 bits per heavy atom. The minimum atomic E-state index is 0.103. The zero-order valence-corrected chi connectivity index (χ0v) is 15.2. The van der Waals surface area contributed by atoms with E-state index in [-0.39, 0.29) is 5.56 Å². The molecule has 2 aromatic heterocycles. The summed E-state index contributed by atoms with van der Waals surface area (Å²) in [7, 11) is 0. The maximum atomic E-state index is 12.8. The molecule has 24 heavy (non-hydrogen) atoms. The summed E-state index contributed by atoms with van der Waals surface area (Å²) in [5, 5.41) is 0.748. The second-order valence-corrected chi connectivity index (χ2v) is 7.26. The second kappa shape index (κ2) is 7.75. The zero-order chi connectivity index (χ0) is 16.9. The molecule has 0 aliphatic rings. The molecule has 0 bridgehead atoms. The van der Waals surface area contributed by atoms with Crippen LogP contribution in [-0.2, 0) is 6.54 Å². The summed E-state index contributed by atoms with van der Waals surface area (Å²) in [6, 6.07) is 12.2. The molecule has 0 aliphatic carbocycles. The molecular weight excluding hydrogens is 316 g/mol. The number of hydrogen-bond acceptors (Lipinski definition) is 3. The van der Waals surface area contributed by atoms with Gasteiger partial charge in [-0.15, -0.1) is 11.3 Å². The van der Waals surface area contributed by atoms with E-state index in [0.717, 1.165) is 39.4 Å². The van der Waals surface area contributed by atoms with Crippen molar-refractivity contribution in [2.75, 3.05) is 0 Å². The molecule has 0 radical (unpaired) electrons. The fourth-order valence-corrected chi connectivity index (χ4v) is 4.07. The van der Waals surface area contributed by atoms with Crippen molar-refractivity contribution in [2.24, 2.45) is 0 Å². The number of unbranched alkanes of at least 4 members (excludes halogenated alkanes) is 4. The van der Waals surface area contributed by atoms with E-state index in [1.165, 1.54) is 25.7 Å². The molecule has 3 aromatic rings. The average molecular weight is 340 g/mol. The predicted octanol–water partition coefficient (Wildman–Crippen LogP) is 5.40. The van der Waals surface area contributed by atoms with E-state index >= 15 is 0 Å². The van der Waals surface area contributed by atoms with Gasteiger partial charge < -0.3 is 0 Å². The van der Waals surface area contributed by atoms with Gasteiger partial charge in [-0.1, -0.05) is 62.9 Å². The molecule has 4 heteroatoms. The van der Waals surface area contributed by atoms with Crippen molar-refractivity contribution in [2.45, 2.75) is 52.5 Å². The standard InChI is InChI=1S/C20H24N2OS/c1-3-4-5-6-10-13-22-15(2)21-19-17(20(22)23)14-18(24-19)16-11-8-7-9-12-16/h7-9,11-12,14H,3-6,10,13H2,1-2H3.